The normalized spacial score (nSPS) is 9.92. The van der Waals surface area contributed by atoms with Crippen molar-refractivity contribution in [3.63, 3.8) is 0 Å². The van der Waals surface area contributed by atoms with Gasteiger partial charge in [0.05, 0.1) is 6.61 Å². The number of aliphatic hydroxyl groups is 1. The summed E-state index contributed by atoms with van der Waals surface area (Å²) in [5.74, 6) is -0.188. The van der Waals surface area contributed by atoms with Crippen molar-refractivity contribution in [3.05, 3.63) is 23.8 Å². The lowest BCUT2D eigenvalue weighted by Gasteiger charge is -2.04. The second kappa shape index (κ2) is 3.91. The van der Waals surface area contributed by atoms with Gasteiger partial charge in [0.2, 0.25) is 0 Å². The molecule has 0 fully saturated rings. The lowest BCUT2D eigenvalue weighted by molar-refractivity contribution is 0.0957. The van der Waals surface area contributed by atoms with Crippen LogP contribution in [0.1, 0.15) is 16.8 Å². The summed E-state index contributed by atoms with van der Waals surface area (Å²) in [5.41, 5.74) is 12.3. The highest BCUT2D eigenvalue weighted by Gasteiger charge is 2.08. The van der Waals surface area contributed by atoms with Crippen molar-refractivity contribution >= 4 is 17.2 Å². The third kappa shape index (κ3) is 2.19. The highest BCUT2D eigenvalue weighted by atomic mass is 16.3. The Morgan fingerprint density at radius 1 is 1.38 bits per heavy atom. The molecule has 0 aromatic heterocycles. The smallest absolute Gasteiger partial charge is 0.167 e. The monoisotopic (exact) mass is 180 g/mol. The fraction of sp³-hybridized carbons (Fsp3) is 0.222. The van der Waals surface area contributed by atoms with E-state index in [2.05, 4.69) is 0 Å². The largest absolute Gasteiger partial charge is 0.399 e. The molecule has 70 valence electrons. The number of aliphatic hydroxyl groups excluding tert-OH is 1. The Kier molecular flexibility index (Phi) is 2.87. The van der Waals surface area contributed by atoms with Gasteiger partial charge in [-0.25, -0.2) is 0 Å². The third-order valence-corrected chi connectivity index (χ3v) is 1.72. The average molecular weight is 180 g/mol. The summed E-state index contributed by atoms with van der Waals surface area (Å²) in [6, 6.07) is 4.73. The minimum atomic E-state index is -0.188. The Labute approximate surface area is 76.2 Å². The van der Waals surface area contributed by atoms with Gasteiger partial charge < -0.3 is 16.6 Å². The summed E-state index contributed by atoms with van der Waals surface area (Å²) < 4.78 is 0. The predicted octanol–water partition coefficient (Wildman–Crippen LogP) is 0.416. The number of nitrogen functional groups attached to an aromatic ring is 2. The second-order valence-electron chi connectivity index (χ2n) is 2.74. The number of ketones is 1. The molecule has 5 N–H and O–H groups in total. The van der Waals surface area contributed by atoms with E-state index in [-0.39, 0.29) is 18.8 Å². The van der Waals surface area contributed by atoms with E-state index in [0.29, 0.717) is 16.9 Å². The van der Waals surface area contributed by atoms with E-state index < -0.39 is 0 Å². The second-order valence-corrected chi connectivity index (χ2v) is 2.74. The summed E-state index contributed by atoms with van der Waals surface area (Å²) in [6.45, 7) is -0.174. The Morgan fingerprint density at radius 2 is 2.08 bits per heavy atom. The molecule has 1 aromatic carbocycles. The highest BCUT2D eigenvalue weighted by molar-refractivity contribution is 6.01. The lowest BCUT2D eigenvalue weighted by atomic mass is 10.1. The zero-order chi connectivity index (χ0) is 9.84. The molecule has 0 saturated heterocycles. The first-order chi connectivity index (χ1) is 6.15. The Bertz CT molecular complexity index is 323. The molecule has 0 radical (unpaired) electrons. The fourth-order valence-electron chi connectivity index (χ4n) is 1.05. The number of rotatable bonds is 3. The van der Waals surface area contributed by atoms with Gasteiger partial charge in [0.15, 0.2) is 5.78 Å². The minimum Gasteiger partial charge on any atom is -0.399 e. The van der Waals surface area contributed by atoms with Crippen LogP contribution in [0, 0.1) is 0 Å². The van der Waals surface area contributed by atoms with Gasteiger partial charge in [-0.05, 0) is 18.2 Å². The maximum absolute atomic E-state index is 11.3. The molecule has 0 spiro atoms. The van der Waals surface area contributed by atoms with Crippen molar-refractivity contribution in [3.8, 4) is 0 Å². The number of carbonyl (C=O) groups excluding carboxylic acids is 1. The standard InChI is InChI=1S/C9H12N2O2/c10-6-1-2-8(11)7(5-6)9(13)3-4-12/h1-2,5,12H,3-4,10-11H2. The molecule has 0 aliphatic carbocycles. The van der Waals surface area contributed by atoms with Crippen molar-refractivity contribution in [1.82, 2.24) is 0 Å². The topological polar surface area (TPSA) is 89.3 Å². The molecule has 1 aromatic rings. The van der Waals surface area contributed by atoms with E-state index in [9.17, 15) is 4.79 Å². The Morgan fingerprint density at radius 3 is 2.69 bits per heavy atom. The van der Waals surface area contributed by atoms with Crippen LogP contribution < -0.4 is 11.5 Å². The summed E-state index contributed by atoms with van der Waals surface area (Å²) in [7, 11) is 0. The number of benzene rings is 1. The molecule has 1 rings (SSSR count). The molecule has 0 atom stereocenters. The zero-order valence-corrected chi connectivity index (χ0v) is 7.16. The molecule has 0 aliphatic rings. The first-order valence-corrected chi connectivity index (χ1v) is 3.94. The average Bonchev–Trinajstić information content (AvgIpc) is 2.09. The van der Waals surface area contributed by atoms with Gasteiger partial charge in [-0.3, -0.25) is 4.79 Å². The van der Waals surface area contributed by atoms with E-state index in [1.165, 1.54) is 6.07 Å². The molecule has 0 aliphatic heterocycles. The Balaban J connectivity index is 2.99. The van der Waals surface area contributed by atoms with Gasteiger partial charge in [-0.1, -0.05) is 0 Å². The molecule has 0 bridgehead atoms. The van der Waals surface area contributed by atoms with E-state index >= 15 is 0 Å². The van der Waals surface area contributed by atoms with Gasteiger partial charge >= 0.3 is 0 Å². The van der Waals surface area contributed by atoms with Crippen molar-refractivity contribution in [1.29, 1.82) is 0 Å². The summed E-state index contributed by atoms with van der Waals surface area (Å²) >= 11 is 0. The number of carbonyl (C=O) groups is 1. The molecule has 0 amide bonds. The number of Topliss-reactive ketones (excluding diaryl/α,β-unsaturated/α-hetero) is 1. The van der Waals surface area contributed by atoms with E-state index in [1.54, 1.807) is 12.1 Å². The van der Waals surface area contributed by atoms with Crippen LogP contribution >= 0.6 is 0 Å². The van der Waals surface area contributed by atoms with Crippen molar-refractivity contribution < 1.29 is 9.90 Å². The number of hydrogen-bond acceptors (Lipinski definition) is 4. The molecule has 0 heterocycles. The highest BCUT2D eigenvalue weighted by Crippen LogP contribution is 2.16. The first kappa shape index (κ1) is 9.54. The number of hydrogen-bond donors (Lipinski definition) is 3. The quantitative estimate of drug-likeness (QED) is 0.464. The van der Waals surface area contributed by atoms with Crippen LogP contribution in [0.2, 0.25) is 0 Å². The molecule has 0 saturated carbocycles. The molecule has 4 nitrogen and oxygen atoms in total. The zero-order valence-electron chi connectivity index (χ0n) is 7.16. The van der Waals surface area contributed by atoms with Gasteiger partial charge in [-0.2, -0.15) is 0 Å². The van der Waals surface area contributed by atoms with Crippen LogP contribution in [0.4, 0.5) is 11.4 Å². The van der Waals surface area contributed by atoms with Crippen molar-refractivity contribution in [2.45, 2.75) is 6.42 Å². The number of anilines is 2. The van der Waals surface area contributed by atoms with Crippen LogP contribution in [0.15, 0.2) is 18.2 Å². The molecule has 0 unspecified atom stereocenters. The Hall–Kier alpha value is -1.55. The van der Waals surface area contributed by atoms with Gasteiger partial charge in [0.1, 0.15) is 0 Å². The summed E-state index contributed by atoms with van der Waals surface area (Å²) in [6.07, 6.45) is 0.0770. The molecular weight excluding hydrogens is 168 g/mol. The first-order valence-electron chi connectivity index (χ1n) is 3.94. The lowest BCUT2D eigenvalue weighted by Crippen LogP contribution is -2.06. The molecular formula is C9H12N2O2. The van der Waals surface area contributed by atoms with E-state index in [4.69, 9.17) is 16.6 Å². The fourth-order valence-corrected chi connectivity index (χ4v) is 1.05. The van der Waals surface area contributed by atoms with E-state index in [0.717, 1.165) is 0 Å². The van der Waals surface area contributed by atoms with Crippen LogP contribution in [0.5, 0.6) is 0 Å². The number of nitrogens with two attached hydrogens (primary N) is 2. The van der Waals surface area contributed by atoms with Gasteiger partial charge in [-0.15, -0.1) is 0 Å². The van der Waals surface area contributed by atoms with Crippen molar-refractivity contribution in [2.24, 2.45) is 0 Å². The summed E-state index contributed by atoms with van der Waals surface area (Å²) in [5, 5.41) is 8.57. The SMILES string of the molecule is Nc1ccc(N)c(C(=O)CCO)c1. The van der Waals surface area contributed by atoms with Crippen LogP contribution in [-0.4, -0.2) is 17.5 Å². The van der Waals surface area contributed by atoms with Crippen LogP contribution in [0.3, 0.4) is 0 Å². The van der Waals surface area contributed by atoms with Crippen LogP contribution in [-0.2, 0) is 0 Å². The van der Waals surface area contributed by atoms with Crippen LogP contribution in [0.25, 0.3) is 0 Å². The van der Waals surface area contributed by atoms with E-state index in [1.807, 2.05) is 0 Å². The van der Waals surface area contributed by atoms with Gasteiger partial charge in [0.25, 0.3) is 0 Å². The summed E-state index contributed by atoms with van der Waals surface area (Å²) in [4.78, 5) is 11.3. The maximum Gasteiger partial charge on any atom is 0.167 e. The predicted molar refractivity (Wildman–Crippen MR) is 51.3 cm³/mol. The minimum absolute atomic E-state index is 0.0770. The van der Waals surface area contributed by atoms with Crippen molar-refractivity contribution in [2.75, 3.05) is 18.1 Å². The van der Waals surface area contributed by atoms with Gasteiger partial charge in [0, 0.05) is 23.4 Å². The third-order valence-electron chi connectivity index (χ3n) is 1.72. The molecule has 13 heavy (non-hydrogen) atoms. The molecule has 4 heteroatoms. The maximum atomic E-state index is 11.3.